The summed E-state index contributed by atoms with van der Waals surface area (Å²) in [6.45, 7) is 6.78. The molecule has 0 saturated carbocycles. The van der Waals surface area contributed by atoms with E-state index in [4.69, 9.17) is 0 Å². The molecule has 2 aromatic rings. The van der Waals surface area contributed by atoms with Crippen LogP contribution < -0.4 is 21.5 Å². The second-order valence-corrected chi connectivity index (χ2v) is 7.13. The monoisotopic (exact) mass is 385 g/mol. The van der Waals surface area contributed by atoms with Gasteiger partial charge in [0.15, 0.2) is 5.78 Å². The molecule has 3 rings (SSSR count). The molecule has 1 N–H and O–H groups in total. The summed E-state index contributed by atoms with van der Waals surface area (Å²) in [6.07, 6.45) is 0. The lowest BCUT2D eigenvalue weighted by molar-refractivity contribution is 0.101. The lowest BCUT2D eigenvalue weighted by atomic mass is 10.1. The molecule has 8 heteroatoms. The van der Waals surface area contributed by atoms with Gasteiger partial charge in [0.1, 0.15) is 5.82 Å². The van der Waals surface area contributed by atoms with Crippen molar-refractivity contribution >= 4 is 17.3 Å². The minimum absolute atomic E-state index is 0.0811. The predicted octanol–water partition coefficient (Wildman–Crippen LogP) is 0.521. The molecule has 1 saturated heterocycles. The fourth-order valence-electron chi connectivity index (χ4n) is 3.38. The number of aromatic nitrogens is 2. The highest BCUT2D eigenvalue weighted by molar-refractivity contribution is 5.94. The van der Waals surface area contributed by atoms with Crippen molar-refractivity contribution in [2.45, 2.75) is 6.92 Å². The number of carbonyl (C=O) groups is 1. The summed E-state index contributed by atoms with van der Waals surface area (Å²) in [5.74, 6) is 0.620. The molecule has 2 heterocycles. The van der Waals surface area contributed by atoms with Crippen LogP contribution in [0.4, 0.5) is 11.5 Å². The van der Waals surface area contributed by atoms with Crippen LogP contribution in [0.2, 0.25) is 0 Å². The number of anilines is 2. The molecule has 0 aliphatic carbocycles. The number of rotatable bonds is 6. The molecule has 28 heavy (non-hydrogen) atoms. The van der Waals surface area contributed by atoms with Gasteiger partial charge in [0, 0.05) is 70.7 Å². The molecule has 0 bridgehead atoms. The largest absolute Gasteiger partial charge is 0.370 e. The van der Waals surface area contributed by atoms with Gasteiger partial charge in [0.05, 0.1) is 0 Å². The van der Waals surface area contributed by atoms with Crippen LogP contribution in [-0.4, -0.2) is 59.1 Å². The summed E-state index contributed by atoms with van der Waals surface area (Å²) >= 11 is 0. The maximum absolute atomic E-state index is 12.0. The van der Waals surface area contributed by atoms with E-state index in [1.807, 2.05) is 24.3 Å². The van der Waals surface area contributed by atoms with Crippen LogP contribution in [-0.2, 0) is 14.1 Å². The van der Waals surface area contributed by atoms with Crippen LogP contribution >= 0.6 is 0 Å². The molecule has 1 fully saturated rings. The van der Waals surface area contributed by atoms with Gasteiger partial charge in [-0.15, -0.1) is 0 Å². The number of hydrogen-bond acceptors (Lipinski definition) is 6. The molecule has 1 aromatic heterocycles. The summed E-state index contributed by atoms with van der Waals surface area (Å²) in [7, 11) is 3.13. The number of ketones is 1. The van der Waals surface area contributed by atoms with Gasteiger partial charge in [-0.05, 0) is 31.2 Å². The average molecular weight is 385 g/mol. The highest BCUT2D eigenvalue weighted by atomic mass is 16.2. The minimum Gasteiger partial charge on any atom is -0.370 e. The summed E-state index contributed by atoms with van der Waals surface area (Å²) in [5.41, 5.74) is 1.23. The van der Waals surface area contributed by atoms with Crippen molar-refractivity contribution < 1.29 is 4.79 Å². The zero-order valence-corrected chi connectivity index (χ0v) is 16.6. The third-order valence-electron chi connectivity index (χ3n) is 5.27. The fraction of sp³-hybridized carbons (Fsp3) is 0.450. The average Bonchev–Trinajstić information content (AvgIpc) is 2.71. The van der Waals surface area contributed by atoms with Crippen LogP contribution in [0.15, 0.2) is 39.9 Å². The van der Waals surface area contributed by atoms with Gasteiger partial charge in [-0.2, -0.15) is 0 Å². The molecule has 0 unspecified atom stereocenters. The van der Waals surface area contributed by atoms with Gasteiger partial charge >= 0.3 is 5.69 Å². The molecular weight excluding hydrogens is 358 g/mol. The SMILES string of the molecule is CC(=O)c1ccc(N2CCN(CCNc3cc(=O)n(C)c(=O)n3C)CC2)cc1. The third kappa shape index (κ3) is 4.33. The first-order valence-corrected chi connectivity index (χ1v) is 9.46. The number of hydrogen-bond donors (Lipinski definition) is 1. The van der Waals surface area contributed by atoms with E-state index in [1.54, 1.807) is 14.0 Å². The predicted molar refractivity (Wildman–Crippen MR) is 111 cm³/mol. The zero-order chi connectivity index (χ0) is 20.3. The standard InChI is InChI=1S/C20H27N5O3/c1-15(26)16-4-6-17(7-5-16)25-12-10-24(11-13-25)9-8-21-18-14-19(27)23(3)20(28)22(18)2/h4-7,14,21H,8-13H2,1-3H3. The van der Waals surface area contributed by atoms with E-state index >= 15 is 0 Å². The van der Waals surface area contributed by atoms with Gasteiger partial charge in [0.25, 0.3) is 5.56 Å². The van der Waals surface area contributed by atoms with Crippen LogP contribution in [0.1, 0.15) is 17.3 Å². The molecule has 150 valence electrons. The smallest absolute Gasteiger partial charge is 0.332 e. The van der Waals surface area contributed by atoms with Crippen molar-refractivity contribution in [2.24, 2.45) is 14.1 Å². The second kappa shape index (κ2) is 8.43. The Hall–Kier alpha value is -2.87. The Morgan fingerprint density at radius 2 is 1.64 bits per heavy atom. The van der Waals surface area contributed by atoms with E-state index in [0.717, 1.165) is 48.5 Å². The Morgan fingerprint density at radius 3 is 2.25 bits per heavy atom. The van der Waals surface area contributed by atoms with Crippen LogP contribution in [0.5, 0.6) is 0 Å². The van der Waals surface area contributed by atoms with Crippen LogP contribution in [0.3, 0.4) is 0 Å². The number of Topliss-reactive ketones (excluding diaryl/α,β-unsaturated/α-hetero) is 1. The Balaban J connectivity index is 1.49. The molecule has 1 aliphatic rings. The van der Waals surface area contributed by atoms with Gasteiger partial charge in [-0.1, -0.05) is 0 Å². The molecule has 0 spiro atoms. The summed E-state index contributed by atoms with van der Waals surface area (Å²) in [5, 5.41) is 3.19. The minimum atomic E-state index is -0.334. The lowest BCUT2D eigenvalue weighted by Crippen LogP contribution is -2.47. The van der Waals surface area contributed by atoms with Crippen molar-refractivity contribution in [3.63, 3.8) is 0 Å². The Bertz CT molecular complexity index is 953. The van der Waals surface area contributed by atoms with E-state index in [9.17, 15) is 14.4 Å². The molecule has 8 nitrogen and oxygen atoms in total. The van der Waals surface area contributed by atoms with Gasteiger partial charge in [0.2, 0.25) is 0 Å². The van der Waals surface area contributed by atoms with Crippen LogP contribution in [0.25, 0.3) is 0 Å². The molecular formula is C20H27N5O3. The molecule has 0 atom stereocenters. The number of carbonyl (C=O) groups excluding carboxylic acids is 1. The van der Waals surface area contributed by atoms with Crippen molar-refractivity contribution in [3.05, 3.63) is 56.7 Å². The first-order chi connectivity index (χ1) is 13.4. The van der Waals surface area contributed by atoms with E-state index in [1.165, 1.54) is 17.7 Å². The number of nitrogens with zero attached hydrogens (tertiary/aromatic N) is 4. The van der Waals surface area contributed by atoms with Gasteiger partial charge in [-0.3, -0.25) is 23.6 Å². The molecule has 0 amide bonds. The molecule has 1 aromatic carbocycles. The number of nitrogens with one attached hydrogen (secondary N) is 1. The first-order valence-electron chi connectivity index (χ1n) is 9.46. The number of benzene rings is 1. The van der Waals surface area contributed by atoms with E-state index in [0.29, 0.717) is 12.4 Å². The zero-order valence-electron chi connectivity index (χ0n) is 16.6. The maximum atomic E-state index is 12.0. The van der Waals surface area contributed by atoms with Gasteiger partial charge < -0.3 is 10.2 Å². The summed E-state index contributed by atoms with van der Waals surface area (Å²) < 4.78 is 2.54. The van der Waals surface area contributed by atoms with Crippen molar-refractivity contribution in [1.82, 2.24) is 14.0 Å². The summed E-state index contributed by atoms with van der Waals surface area (Å²) in [6, 6.07) is 9.21. The van der Waals surface area contributed by atoms with Crippen molar-refractivity contribution in [3.8, 4) is 0 Å². The van der Waals surface area contributed by atoms with Crippen molar-refractivity contribution in [1.29, 1.82) is 0 Å². The summed E-state index contributed by atoms with van der Waals surface area (Å²) in [4.78, 5) is 39.8. The quantitative estimate of drug-likeness (QED) is 0.731. The van der Waals surface area contributed by atoms with Crippen molar-refractivity contribution in [2.75, 3.05) is 49.5 Å². The van der Waals surface area contributed by atoms with E-state index < -0.39 is 0 Å². The second-order valence-electron chi connectivity index (χ2n) is 7.13. The Labute approximate surface area is 164 Å². The third-order valence-corrected chi connectivity index (χ3v) is 5.27. The topological polar surface area (TPSA) is 79.6 Å². The lowest BCUT2D eigenvalue weighted by Gasteiger charge is -2.36. The molecule has 1 aliphatic heterocycles. The van der Waals surface area contributed by atoms with Crippen LogP contribution in [0, 0.1) is 0 Å². The maximum Gasteiger partial charge on any atom is 0.332 e. The fourth-order valence-corrected chi connectivity index (χ4v) is 3.38. The van der Waals surface area contributed by atoms with E-state index in [2.05, 4.69) is 15.1 Å². The highest BCUT2D eigenvalue weighted by Crippen LogP contribution is 2.17. The normalized spacial score (nSPS) is 14.9. The Kier molecular flexibility index (Phi) is 5.99. The molecule has 0 radical (unpaired) electrons. The number of piperazine rings is 1. The highest BCUT2D eigenvalue weighted by Gasteiger charge is 2.17. The van der Waals surface area contributed by atoms with Gasteiger partial charge in [-0.25, -0.2) is 4.79 Å². The Morgan fingerprint density at radius 1 is 1.00 bits per heavy atom. The first kappa shape index (κ1) is 19.9. The van der Waals surface area contributed by atoms with E-state index in [-0.39, 0.29) is 17.0 Å².